The minimum atomic E-state index is -0.380. The van der Waals surface area contributed by atoms with Gasteiger partial charge in [0.25, 0.3) is 0 Å². The smallest absolute Gasteiger partial charge is 0.0916 e. The van der Waals surface area contributed by atoms with Crippen LogP contribution in [-0.2, 0) is 6.42 Å². The lowest BCUT2D eigenvalue weighted by molar-refractivity contribution is 0.105. The molecule has 2 nitrogen and oxygen atoms in total. The molecule has 0 spiro atoms. The Labute approximate surface area is 131 Å². The minimum Gasteiger partial charge on any atom is -0.387 e. The fourth-order valence-electron chi connectivity index (χ4n) is 2.79. The molecule has 2 heteroatoms. The lowest BCUT2D eigenvalue weighted by atomic mass is 10.0. The first-order chi connectivity index (χ1) is 10.1. The number of hydrogen-bond acceptors (Lipinski definition) is 2. The molecule has 0 aliphatic heterocycles. The van der Waals surface area contributed by atoms with Crippen molar-refractivity contribution in [2.45, 2.75) is 59.5 Å². The van der Waals surface area contributed by atoms with E-state index >= 15 is 0 Å². The van der Waals surface area contributed by atoms with Crippen molar-refractivity contribution >= 4 is 0 Å². The molecule has 0 aliphatic carbocycles. The molecular weight excluding hydrogens is 258 g/mol. The molecular formula is C19H33NO. The van der Waals surface area contributed by atoms with Gasteiger partial charge in [0.15, 0.2) is 0 Å². The van der Waals surface area contributed by atoms with Crippen molar-refractivity contribution in [2.75, 3.05) is 19.6 Å². The summed E-state index contributed by atoms with van der Waals surface area (Å²) in [6.45, 7) is 11.7. The van der Waals surface area contributed by atoms with E-state index in [9.17, 15) is 5.11 Å². The van der Waals surface area contributed by atoms with Gasteiger partial charge < -0.3 is 10.0 Å². The van der Waals surface area contributed by atoms with Crippen LogP contribution >= 0.6 is 0 Å². The van der Waals surface area contributed by atoms with Crippen LogP contribution in [-0.4, -0.2) is 29.6 Å². The molecule has 0 fully saturated rings. The van der Waals surface area contributed by atoms with E-state index < -0.39 is 0 Å². The topological polar surface area (TPSA) is 23.5 Å². The van der Waals surface area contributed by atoms with Crippen molar-refractivity contribution in [3.8, 4) is 0 Å². The molecule has 1 aromatic carbocycles. The van der Waals surface area contributed by atoms with Crippen LogP contribution in [0, 0.1) is 5.92 Å². The van der Waals surface area contributed by atoms with Gasteiger partial charge in [-0.15, -0.1) is 0 Å². The molecule has 21 heavy (non-hydrogen) atoms. The monoisotopic (exact) mass is 291 g/mol. The first kappa shape index (κ1) is 18.2. The van der Waals surface area contributed by atoms with Gasteiger partial charge >= 0.3 is 0 Å². The summed E-state index contributed by atoms with van der Waals surface area (Å²) < 4.78 is 0. The van der Waals surface area contributed by atoms with E-state index in [4.69, 9.17) is 0 Å². The maximum absolute atomic E-state index is 10.5. The van der Waals surface area contributed by atoms with E-state index in [0.29, 0.717) is 0 Å². The van der Waals surface area contributed by atoms with Gasteiger partial charge in [0.1, 0.15) is 0 Å². The third kappa shape index (κ3) is 6.19. The summed E-state index contributed by atoms with van der Waals surface area (Å²) in [7, 11) is 0. The largest absolute Gasteiger partial charge is 0.387 e. The van der Waals surface area contributed by atoms with Gasteiger partial charge in [0.05, 0.1) is 6.10 Å². The van der Waals surface area contributed by atoms with Crippen molar-refractivity contribution in [1.82, 2.24) is 4.90 Å². The standard InChI is InChI=1S/C19H33NO/c1-5-9-17-10-12-18(13-11-17)19(21)15-20(8-4)14-16(6-2)7-3/h10-13,16,19,21H,5-9,14-15H2,1-4H3. The molecule has 0 saturated heterocycles. The molecule has 1 unspecified atom stereocenters. The number of likely N-dealkylation sites (N-methyl/N-ethyl adjacent to an activating group) is 1. The van der Waals surface area contributed by atoms with Crippen LogP contribution in [0.4, 0.5) is 0 Å². The van der Waals surface area contributed by atoms with Gasteiger partial charge in [-0.2, -0.15) is 0 Å². The Morgan fingerprint density at radius 1 is 0.952 bits per heavy atom. The van der Waals surface area contributed by atoms with Gasteiger partial charge in [0, 0.05) is 13.1 Å². The van der Waals surface area contributed by atoms with Crippen LogP contribution in [0.3, 0.4) is 0 Å². The highest BCUT2D eigenvalue weighted by Crippen LogP contribution is 2.18. The Kier molecular flexibility index (Phi) is 8.63. The molecule has 0 bridgehead atoms. The zero-order valence-corrected chi connectivity index (χ0v) is 14.3. The average Bonchev–Trinajstić information content (AvgIpc) is 2.52. The summed E-state index contributed by atoms with van der Waals surface area (Å²) >= 11 is 0. The van der Waals surface area contributed by atoms with Crippen molar-refractivity contribution in [3.63, 3.8) is 0 Å². The number of hydrogen-bond donors (Lipinski definition) is 1. The van der Waals surface area contributed by atoms with E-state index in [2.05, 4.69) is 56.9 Å². The van der Waals surface area contributed by atoms with Crippen LogP contribution in [0.1, 0.15) is 64.2 Å². The molecule has 1 atom stereocenters. The highest BCUT2D eigenvalue weighted by Gasteiger charge is 2.15. The van der Waals surface area contributed by atoms with Crippen molar-refractivity contribution in [2.24, 2.45) is 5.92 Å². The maximum atomic E-state index is 10.5. The first-order valence-electron chi connectivity index (χ1n) is 8.63. The fraction of sp³-hybridized carbons (Fsp3) is 0.684. The molecule has 120 valence electrons. The van der Waals surface area contributed by atoms with Crippen LogP contribution in [0.5, 0.6) is 0 Å². The maximum Gasteiger partial charge on any atom is 0.0916 e. The van der Waals surface area contributed by atoms with Crippen LogP contribution in [0.25, 0.3) is 0 Å². The summed E-state index contributed by atoms with van der Waals surface area (Å²) in [6, 6.07) is 8.47. The second-order valence-corrected chi connectivity index (χ2v) is 6.04. The zero-order chi connectivity index (χ0) is 15.7. The number of aliphatic hydroxyl groups excluding tert-OH is 1. The first-order valence-corrected chi connectivity index (χ1v) is 8.63. The number of nitrogens with zero attached hydrogens (tertiary/aromatic N) is 1. The third-order valence-corrected chi connectivity index (χ3v) is 4.45. The van der Waals surface area contributed by atoms with Crippen LogP contribution in [0.15, 0.2) is 24.3 Å². The van der Waals surface area contributed by atoms with Crippen molar-refractivity contribution in [1.29, 1.82) is 0 Å². The lowest BCUT2D eigenvalue weighted by Crippen LogP contribution is -2.33. The average molecular weight is 291 g/mol. The Morgan fingerprint density at radius 3 is 2.05 bits per heavy atom. The molecule has 1 rings (SSSR count). The quantitative estimate of drug-likeness (QED) is 0.689. The number of benzene rings is 1. The van der Waals surface area contributed by atoms with Gasteiger partial charge in [-0.1, -0.05) is 71.2 Å². The fourth-order valence-corrected chi connectivity index (χ4v) is 2.79. The number of aliphatic hydroxyl groups is 1. The molecule has 0 heterocycles. The summed E-state index contributed by atoms with van der Waals surface area (Å²) in [5.41, 5.74) is 2.40. The highest BCUT2D eigenvalue weighted by atomic mass is 16.3. The predicted molar refractivity (Wildman–Crippen MR) is 91.6 cm³/mol. The van der Waals surface area contributed by atoms with E-state index in [0.717, 1.165) is 37.5 Å². The second-order valence-electron chi connectivity index (χ2n) is 6.04. The van der Waals surface area contributed by atoms with Crippen LogP contribution < -0.4 is 0 Å². The Balaban J connectivity index is 2.58. The SMILES string of the molecule is CCCc1ccc(C(O)CN(CC)CC(CC)CC)cc1. The van der Waals surface area contributed by atoms with E-state index in [1.54, 1.807) is 0 Å². The van der Waals surface area contributed by atoms with E-state index in [1.807, 2.05) is 0 Å². The molecule has 0 aromatic heterocycles. The summed E-state index contributed by atoms with van der Waals surface area (Å²) in [4.78, 5) is 2.38. The normalized spacial score (nSPS) is 13.1. The predicted octanol–water partition coefficient (Wildman–Crippen LogP) is 4.43. The Bertz CT molecular complexity index is 370. The van der Waals surface area contributed by atoms with Crippen molar-refractivity contribution in [3.05, 3.63) is 35.4 Å². The van der Waals surface area contributed by atoms with E-state index in [-0.39, 0.29) is 6.10 Å². The lowest BCUT2D eigenvalue weighted by Gasteiger charge is -2.27. The third-order valence-electron chi connectivity index (χ3n) is 4.45. The van der Waals surface area contributed by atoms with Gasteiger partial charge in [-0.05, 0) is 30.0 Å². The number of rotatable bonds is 10. The van der Waals surface area contributed by atoms with Gasteiger partial charge in [0.2, 0.25) is 0 Å². The van der Waals surface area contributed by atoms with Gasteiger partial charge in [-0.25, -0.2) is 0 Å². The molecule has 1 N–H and O–H groups in total. The highest BCUT2D eigenvalue weighted by molar-refractivity contribution is 5.24. The molecule has 0 saturated carbocycles. The molecule has 1 aromatic rings. The summed E-state index contributed by atoms with van der Waals surface area (Å²) in [6.07, 6.45) is 4.34. The number of aryl methyl sites for hydroxylation is 1. The van der Waals surface area contributed by atoms with Crippen molar-refractivity contribution < 1.29 is 5.11 Å². The molecule has 0 aliphatic rings. The minimum absolute atomic E-state index is 0.380. The summed E-state index contributed by atoms with van der Waals surface area (Å²) in [5.74, 6) is 0.740. The Morgan fingerprint density at radius 2 is 1.57 bits per heavy atom. The summed E-state index contributed by atoms with van der Waals surface area (Å²) in [5, 5.41) is 10.5. The van der Waals surface area contributed by atoms with Gasteiger partial charge in [-0.3, -0.25) is 0 Å². The second kappa shape index (κ2) is 9.97. The Hall–Kier alpha value is -0.860. The molecule has 0 radical (unpaired) electrons. The van der Waals surface area contributed by atoms with E-state index in [1.165, 1.54) is 24.8 Å². The molecule has 0 amide bonds. The zero-order valence-electron chi connectivity index (χ0n) is 14.3. The van der Waals surface area contributed by atoms with Crippen LogP contribution in [0.2, 0.25) is 0 Å².